The van der Waals surface area contributed by atoms with Crippen LogP contribution in [0.25, 0.3) is 0 Å². The van der Waals surface area contributed by atoms with Gasteiger partial charge in [-0.1, -0.05) is 33.4 Å². The third kappa shape index (κ3) is 3.08. The Morgan fingerprint density at radius 1 is 1.40 bits per heavy atom. The Labute approximate surface area is 90.6 Å². The second-order valence-electron chi connectivity index (χ2n) is 4.49. The minimum atomic E-state index is -0.231. The Hall–Kier alpha value is -1.31. The smallest absolute Gasteiger partial charge is 0.123 e. The normalized spacial score (nSPS) is 11.2. The molecule has 0 bridgehead atoms. The van der Waals surface area contributed by atoms with Crippen molar-refractivity contribution < 1.29 is 9.13 Å². The second-order valence-corrected chi connectivity index (χ2v) is 4.49. The first-order valence-electron chi connectivity index (χ1n) is 4.99. The predicted molar refractivity (Wildman–Crippen MR) is 60.8 cm³/mol. The maximum absolute atomic E-state index is 13.1. The molecule has 0 fully saturated rings. The van der Waals surface area contributed by atoms with Crippen LogP contribution >= 0.6 is 0 Å². The zero-order chi connectivity index (χ0) is 11.5. The van der Waals surface area contributed by atoms with Crippen molar-refractivity contribution in [2.24, 2.45) is 0 Å². The van der Waals surface area contributed by atoms with Crippen molar-refractivity contribution >= 4 is 0 Å². The van der Waals surface area contributed by atoms with Gasteiger partial charge in [0.2, 0.25) is 0 Å². The van der Waals surface area contributed by atoms with Crippen LogP contribution in [0.1, 0.15) is 26.3 Å². The molecule has 1 aromatic rings. The van der Waals surface area contributed by atoms with Gasteiger partial charge in [0, 0.05) is 5.56 Å². The molecule has 15 heavy (non-hydrogen) atoms. The van der Waals surface area contributed by atoms with Crippen molar-refractivity contribution in [3.05, 3.63) is 42.2 Å². The highest BCUT2D eigenvalue weighted by Crippen LogP contribution is 2.31. The maximum Gasteiger partial charge on any atom is 0.123 e. The number of hydrogen-bond donors (Lipinski definition) is 0. The monoisotopic (exact) mass is 208 g/mol. The molecule has 0 aliphatic heterocycles. The van der Waals surface area contributed by atoms with Gasteiger partial charge in [0.05, 0.1) is 0 Å². The first-order chi connectivity index (χ1) is 6.95. The molecular weight excluding hydrogens is 191 g/mol. The van der Waals surface area contributed by atoms with Crippen molar-refractivity contribution in [3.8, 4) is 5.75 Å². The van der Waals surface area contributed by atoms with E-state index in [-0.39, 0.29) is 11.2 Å². The van der Waals surface area contributed by atoms with Gasteiger partial charge >= 0.3 is 0 Å². The van der Waals surface area contributed by atoms with Crippen LogP contribution in [0.4, 0.5) is 4.39 Å². The number of halogens is 1. The van der Waals surface area contributed by atoms with E-state index < -0.39 is 0 Å². The minimum Gasteiger partial charge on any atom is -0.489 e. The molecule has 0 aliphatic carbocycles. The van der Waals surface area contributed by atoms with Gasteiger partial charge in [-0.25, -0.2) is 4.39 Å². The van der Waals surface area contributed by atoms with Crippen molar-refractivity contribution in [2.75, 3.05) is 6.61 Å². The summed E-state index contributed by atoms with van der Waals surface area (Å²) in [5, 5.41) is 0. The summed E-state index contributed by atoms with van der Waals surface area (Å²) in [7, 11) is 0. The fourth-order valence-corrected chi connectivity index (χ4v) is 1.36. The van der Waals surface area contributed by atoms with Gasteiger partial charge in [0.1, 0.15) is 18.2 Å². The van der Waals surface area contributed by atoms with Crippen LogP contribution < -0.4 is 4.74 Å². The van der Waals surface area contributed by atoms with Gasteiger partial charge in [-0.2, -0.15) is 0 Å². The van der Waals surface area contributed by atoms with Gasteiger partial charge in [0.25, 0.3) is 0 Å². The summed E-state index contributed by atoms with van der Waals surface area (Å²) < 4.78 is 18.6. The Morgan fingerprint density at radius 3 is 2.60 bits per heavy atom. The first-order valence-corrected chi connectivity index (χ1v) is 4.99. The van der Waals surface area contributed by atoms with E-state index in [1.54, 1.807) is 12.1 Å². The summed E-state index contributed by atoms with van der Waals surface area (Å²) in [6.45, 7) is 10.1. The summed E-state index contributed by atoms with van der Waals surface area (Å²) in [5.74, 6) is 0.495. The molecule has 0 aliphatic rings. The Morgan fingerprint density at radius 2 is 2.07 bits per heavy atom. The largest absolute Gasteiger partial charge is 0.489 e. The quantitative estimate of drug-likeness (QED) is 0.688. The summed E-state index contributed by atoms with van der Waals surface area (Å²) in [6, 6.07) is 4.60. The molecule has 0 amide bonds. The molecule has 0 atom stereocenters. The van der Waals surface area contributed by atoms with Gasteiger partial charge in [0.15, 0.2) is 0 Å². The van der Waals surface area contributed by atoms with E-state index in [9.17, 15) is 4.39 Å². The lowest BCUT2D eigenvalue weighted by molar-refractivity contribution is 0.350. The molecule has 2 heteroatoms. The van der Waals surface area contributed by atoms with E-state index in [1.165, 1.54) is 12.1 Å². The molecule has 0 spiro atoms. The second kappa shape index (κ2) is 4.47. The highest BCUT2D eigenvalue weighted by Gasteiger charge is 2.19. The van der Waals surface area contributed by atoms with Crippen LogP contribution in [0.3, 0.4) is 0 Å². The van der Waals surface area contributed by atoms with Crippen LogP contribution in [-0.2, 0) is 5.41 Å². The number of benzene rings is 1. The lowest BCUT2D eigenvalue weighted by atomic mass is 9.86. The average Bonchev–Trinajstić information content (AvgIpc) is 2.14. The Bertz CT molecular complexity index is 350. The topological polar surface area (TPSA) is 9.23 Å². The van der Waals surface area contributed by atoms with E-state index in [4.69, 9.17) is 4.74 Å². The van der Waals surface area contributed by atoms with Gasteiger partial charge in [-0.3, -0.25) is 0 Å². The third-order valence-electron chi connectivity index (χ3n) is 2.11. The van der Waals surface area contributed by atoms with Crippen LogP contribution in [0, 0.1) is 5.82 Å². The predicted octanol–water partition coefficient (Wildman–Crippen LogP) is 3.69. The zero-order valence-corrected chi connectivity index (χ0v) is 9.51. The van der Waals surface area contributed by atoms with Crippen LogP contribution in [0.15, 0.2) is 30.9 Å². The molecule has 82 valence electrons. The standard InChI is InChI=1S/C13H17FO/c1-5-8-15-12-7-6-10(14)9-11(12)13(2,3)4/h5-7,9H,1,8H2,2-4H3. The minimum absolute atomic E-state index is 0.126. The number of hydrogen-bond acceptors (Lipinski definition) is 1. The molecule has 1 aromatic carbocycles. The fraction of sp³-hybridized carbons (Fsp3) is 0.385. The molecule has 1 nitrogen and oxygen atoms in total. The van der Waals surface area contributed by atoms with Crippen molar-refractivity contribution in [1.29, 1.82) is 0 Å². The molecule has 0 radical (unpaired) electrons. The average molecular weight is 208 g/mol. The molecule has 0 unspecified atom stereocenters. The lowest BCUT2D eigenvalue weighted by Crippen LogP contribution is -2.14. The van der Waals surface area contributed by atoms with Crippen LogP contribution in [0.2, 0.25) is 0 Å². The van der Waals surface area contributed by atoms with Crippen LogP contribution in [0.5, 0.6) is 5.75 Å². The molecule has 0 heterocycles. The molecule has 0 N–H and O–H groups in total. The summed E-state index contributed by atoms with van der Waals surface area (Å²) >= 11 is 0. The summed E-state index contributed by atoms with van der Waals surface area (Å²) in [6.07, 6.45) is 1.68. The highest BCUT2D eigenvalue weighted by atomic mass is 19.1. The van der Waals surface area contributed by atoms with Gasteiger partial charge in [-0.05, 0) is 23.6 Å². The van der Waals surface area contributed by atoms with Crippen molar-refractivity contribution in [3.63, 3.8) is 0 Å². The van der Waals surface area contributed by atoms with Crippen molar-refractivity contribution in [1.82, 2.24) is 0 Å². The number of rotatable bonds is 3. The van der Waals surface area contributed by atoms with Crippen LogP contribution in [-0.4, -0.2) is 6.61 Å². The maximum atomic E-state index is 13.1. The Balaban J connectivity index is 3.09. The van der Waals surface area contributed by atoms with E-state index in [1.807, 2.05) is 20.8 Å². The molecule has 0 saturated heterocycles. The fourth-order valence-electron chi connectivity index (χ4n) is 1.36. The third-order valence-corrected chi connectivity index (χ3v) is 2.11. The molecule has 0 aromatic heterocycles. The SMILES string of the molecule is C=CCOc1ccc(F)cc1C(C)(C)C. The van der Waals surface area contributed by atoms with E-state index >= 15 is 0 Å². The Kier molecular flexibility index (Phi) is 3.51. The van der Waals surface area contributed by atoms with E-state index in [2.05, 4.69) is 6.58 Å². The zero-order valence-electron chi connectivity index (χ0n) is 9.51. The van der Waals surface area contributed by atoms with Gasteiger partial charge < -0.3 is 4.74 Å². The first kappa shape index (κ1) is 11.8. The lowest BCUT2D eigenvalue weighted by Gasteiger charge is -2.22. The van der Waals surface area contributed by atoms with Crippen molar-refractivity contribution in [2.45, 2.75) is 26.2 Å². The van der Waals surface area contributed by atoms with Gasteiger partial charge in [-0.15, -0.1) is 0 Å². The van der Waals surface area contributed by atoms with E-state index in [0.29, 0.717) is 6.61 Å². The number of ether oxygens (including phenoxy) is 1. The highest BCUT2D eigenvalue weighted by molar-refractivity contribution is 5.38. The summed E-state index contributed by atoms with van der Waals surface area (Å²) in [4.78, 5) is 0. The molecular formula is C13H17FO. The van der Waals surface area contributed by atoms with E-state index in [0.717, 1.165) is 11.3 Å². The molecule has 1 rings (SSSR count). The molecule has 0 saturated carbocycles. The summed E-state index contributed by atoms with van der Waals surface area (Å²) in [5.41, 5.74) is 0.753.